The number of primary amides is 1. The summed E-state index contributed by atoms with van der Waals surface area (Å²) < 4.78 is 5.58. The Morgan fingerprint density at radius 3 is 3.11 bits per heavy atom. The first-order valence-electron chi connectivity index (χ1n) is 6.81. The first kappa shape index (κ1) is 13.8. The fraction of sp³-hybridized carbons (Fsp3) is 0.750. The molecule has 0 radical (unpaired) electrons. The van der Waals surface area contributed by atoms with E-state index in [4.69, 9.17) is 10.2 Å². The highest BCUT2D eigenvalue weighted by Crippen LogP contribution is 2.23. The van der Waals surface area contributed by atoms with Crippen molar-refractivity contribution in [1.82, 2.24) is 15.5 Å². The Morgan fingerprint density at radius 1 is 1.53 bits per heavy atom. The van der Waals surface area contributed by atoms with Gasteiger partial charge in [-0.05, 0) is 32.2 Å². The number of carbonyl (C=O) groups excluding carboxylic acids is 1. The quantitative estimate of drug-likeness (QED) is 0.725. The lowest BCUT2D eigenvalue weighted by molar-refractivity contribution is -0.119. The minimum atomic E-state index is -0.330. The van der Waals surface area contributed by atoms with Crippen molar-refractivity contribution in [2.45, 2.75) is 45.2 Å². The van der Waals surface area contributed by atoms with Gasteiger partial charge in [0.15, 0.2) is 0 Å². The summed E-state index contributed by atoms with van der Waals surface area (Å²) in [6, 6.07) is 0.0717. The van der Waals surface area contributed by atoms with E-state index in [0.717, 1.165) is 38.8 Å². The number of rotatable bonds is 6. The third-order valence-electron chi connectivity index (χ3n) is 3.24. The Morgan fingerprint density at radius 2 is 2.37 bits per heavy atom. The summed E-state index contributed by atoms with van der Waals surface area (Å²) in [6.07, 6.45) is 3.82. The highest BCUT2D eigenvalue weighted by atomic mass is 16.4. The smallest absolute Gasteiger partial charge is 0.318 e. The monoisotopic (exact) mass is 267 g/mol. The minimum absolute atomic E-state index is 0.328. The summed E-state index contributed by atoms with van der Waals surface area (Å²) in [7, 11) is 0. The zero-order valence-corrected chi connectivity index (χ0v) is 11.3. The molecule has 1 aliphatic rings. The van der Waals surface area contributed by atoms with Crippen molar-refractivity contribution in [1.29, 1.82) is 0 Å². The molecular formula is C12H21N5O2. The maximum atomic E-state index is 11.4. The Kier molecular flexibility index (Phi) is 4.73. The van der Waals surface area contributed by atoms with Crippen LogP contribution in [-0.4, -0.2) is 35.2 Å². The topological polar surface area (TPSA) is 97.3 Å². The van der Waals surface area contributed by atoms with Crippen LogP contribution in [0.4, 0.5) is 6.01 Å². The van der Waals surface area contributed by atoms with E-state index in [1.165, 1.54) is 0 Å². The van der Waals surface area contributed by atoms with Crippen LogP contribution < -0.4 is 16.0 Å². The lowest BCUT2D eigenvalue weighted by Crippen LogP contribution is -2.48. The van der Waals surface area contributed by atoms with Gasteiger partial charge in [0.25, 0.3) is 0 Å². The number of amides is 1. The van der Waals surface area contributed by atoms with Crippen LogP contribution in [0.25, 0.3) is 0 Å². The second-order valence-electron chi connectivity index (χ2n) is 4.76. The molecule has 0 aliphatic carbocycles. The van der Waals surface area contributed by atoms with Gasteiger partial charge in [-0.15, -0.1) is 5.10 Å². The van der Waals surface area contributed by atoms with E-state index in [2.05, 4.69) is 22.4 Å². The van der Waals surface area contributed by atoms with Crippen molar-refractivity contribution in [2.24, 2.45) is 5.73 Å². The molecule has 1 unspecified atom stereocenters. The fourth-order valence-corrected chi connectivity index (χ4v) is 2.26. The molecule has 0 spiro atoms. The Hall–Kier alpha value is -1.63. The van der Waals surface area contributed by atoms with Gasteiger partial charge in [0.1, 0.15) is 6.04 Å². The zero-order chi connectivity index (χ0) is 13.7. The maximum Gasteiger partial charge on any atom is 0.318 e. The van der Waals surface area contributed by atoms with Crippen LogP contribution in [0, 0.1) is 0 Å². The van der Waals surface area contributed by atoms with Gasteiger partial charge in [-0.1, -0.05) is 12.0 Å². The first-order chi connectivity index (χ1) is 9.22. The molecule has 1 aromatic rings. The van der Waals surface area contributed by atoms with Gasteiger partial charge in [0, 0.05) is 6.54 Å². The van der Waals surface area contributed by atoms with Gasteiger partial charge in [-0.2, -0.15) is 0 Å². The largest absolute Gasteiger partial charge is 0.407 e. The predicted octanol–water partition coefficient (Wildman–Crippen LogP) is 0.413. The SMILES string of the molecule is CCCNCc1nnc(N2CCCCC2C(N)=O)o1. The summed E-state index contributed by atoms with van der Waals surface area (Å²) in [5.74, 6) is 0.209. The first-order valence-corrected chi connectivity index (χ1v) is 6.81. The second kappa shape index (κ2) is 6.51. The summed E-state index contributed by atoms with van der Waals surface area (Å²) in [6.45, 7) is 4.29. The molecule has 3 N–H and O–H groups in total. The molecule has 7 nitrogen and oxygen atoms in total. The predicted molar refractivity (Wildman–Crippen MR) is 70.5 cm³/mol. The van der Waals surface area contributed by atoms with Gasteiger partial charge in [-0.3, -0.25) is 4.79 Å². The third kappa shape index (κ3) is 3.44. The molecule has 7 heteroatoms. The van der Waals surface area contributed by atoms with Gasteiger partial charge in [0.2, 0.25) is 11.8 Å². The standard InChI is InChI=1S/C12H21N5O2/c1-2-6-14-8-10-15-16-12(19-10)17-7-4-3-5-9(17)11(13)18/h9,14H,2-8H2,1H3,(H2,13,18). The fourth-order valence-electron chi connectivity index (χ4n) is 2.26. The molecule has 19 heavy (non-hydrogen) atoms. The highest BCUT2D eigenvalue weighted by Gasteiger charge is 2.30. The maximum absolute atomic E-state index is 11.4. The van der Waals surface area contributed by atoms with E-state index in [-0.39, 0.29) is 11.9 Å². The molecule has 1 aliphatic heterocycles. The normalized spacial score (nSPS) is 19.6. The van der Waals surface area contributed by atoms with E-state index in [1.807, 2.05) is 4.90 Å². The van der Waals surface area contributed by atoms with E-state index >= 15 is 0 Å². The van der Waals surface area contributed by atoms with E-state index in [9.17, 15) is 4.79 Å². The lowest BCUT2D eigenvalue weighted by atomic mass is 10.0. The molecule has 0 saturated carbocycles. The average Bonchev–Trinajstić information content (AvgIpc) is 2.88. The number of nitrogens with zero attached hydrogens (tertiary/aromatic N) is 3. The van der Waals surface area contributed by atoms with E-state index in [1.54, 1.807) is 0 Å². The molecular weight excluding hydrogens is 246 g/mol. The third-order valence-corrected chi connectivity index (χ3v) is 3.24. The van der Waals surface area contributed by atoms with Gasteiger partial charge >= 0.3 is 6.01 Å². The minimum Gasteiger partial charge on any atom is -0.407 e. The van der Waals surface area contributed by atoms with Crippen LogP contribution in [-0.2, 0) is 11.3 Å². The molecule has 2 rings (SSSR count). The van der Waals surface area contributed by atoms with Gasteiger partial charge in [-0.25, -0.2) is 0 Å². The number of hydrogen-bond donors (Lipinski definition) is 2. The van der Waals surface area contributed by atoms with E-state index in [0.29, 0.717) is 18.5 Å². The number of hydrogen-bond acceptors (Lipinski definition) is 6. The van der Waals surface area contributed by atoms with Crippen LogP contribution in [0.15, 0.2) is 4.42 Å². The number of aromatic nitrogens is 2. The van der Waals surface area contributed by atoms with Crippen molar-refractivity contribution < 1.29 is 9.21 Å². The highest BCUT2D eigenvalue weighted by molar-refractivity contribution is 5.83. The van der Waals surface area contributed by atoms with Crippen LogP contribution in [0.5, 0.6) is 0 Å². The number of carbonyl (C=O) groups is 1. The zero-order valence-electron chi connectivity index (χ0n) is 11.3. The van der Waals surface area contributed by atoms with Crippen molar-refractivity contribution >= 4 is 11.9 Å². The average molecular weight is 267 g/mol. The van der Waals surface area contributed by atoms with Crippen LogP contribution in [0.1, 0.15) is 38.5 Å². The number of piperidine rings is 1. The van der Waals surface area contributed by atoms with Gasteiger partial charge < -0.3 is 20.4 Å². The number of anilines is 1. The van der Waals surface area contributed by atoms with E-state index < -0.39 is 0 Å². The summed E-state index contributed by atoms with van der Waals surface area (Å²) in [5.41, 5.74) is 5.42. The van der Waals surface area contributed by atoms with Crippen LogP contribution in [0.3, 0.4) is 0 Å². The number of nitrogens with two attached hydrogens (primary N) is 1. The Bertz CT molecular complexity index is 420. The van der Waals surface area contributed by atoms with Crippen molar-refractivity contribution in [3.05, 3.63) is 5.89 Å². The van der Waals surface area contributed by atoms with Crippen LogP contribution in [0.2, 0.25) is 0 Å². The molecule has 0 bridgehead atoms. The van der Waals surface area contributed by atoms with Crippen molar-refractivity contribution in [3.8, 4) is 0 Å². The molecule has 0 aromatic carbocycles. The summed E-state index contributed by atoms with van der Waals surface area (Å²) in [5, 5.41) is 11.2. The van der Waals surface area contributed by atoms with Crippen molar-refractivity contribution in [2.75, 3.05) is 18.0 Å². The lowest BCUT2D eigenvalue weighted by Gasteiger charge is -2.31. The molecule has 2 heterocycles. The second-order valence-corrected chi connectivity index (χ2v) is 4.76. The Labute approximate surface area is 112 Å². The molecule has 1 fully saturated rings. The van der Waals surface area contributed by atoms with Crippen molar-refractivity contribution in [3.63, 3.8) is 0 Å². The molecule has 1 amide bonds. The van der Waals surface area contributed by atoms with Crippen LogP contribution >= 0.6 is 0 Å². The Balaban J connectivity index is 2.01. The molecule has 1 aromatic heterocycles. The molecule has 106 valence electrons. The molecule has 1 saturated heterocycles. The summed E-state index contributed by atoms with van der Waals surface area (Å²) in [4.78, 5) is 13.3. The summed E-state index contributed by atoms with van der Waals surface area (Å²) >= 11 is 0. The molecule has 1 atom stereocenters. The number of nitrogens with one attached hydrogen (secondary N) is 1. The van der Waals surface area contributed by atoms with Gasteiger partial charge in [0.05, 0.1) is 6.54 Å².